The molecule has 0 spiro atoms. The Balaban J connectivity index is 1.86. The van der Waals surface area contributed by atoms with Crippen LogP contribution in [0.2, 0.25) is 0 Å². The van der Waals surface area contributed by atoms with E-state index in [1.165, 1.54) is 11.3 Å². The summed E-state index contributed by atoms with van der Waals surface area (Å²) >= 11 is 1.48. The number of rotatable bonds is 4. The predicted molar refractivity (Wildman–Crippen MR) is 87.9 cm³/mol. The first-order chi connectivity index (χ1) is 10.7. The number of likely N-dealkylation sites (tertiary alicyclic amines) is 1. The van der Waals surface area contributed by atoms with Gasteiger partial charge in [0.1, 0.15) is 10.7 Å². The summed E-state index contributed by atoms with van der Waals surface area (Å²) in [4.78, 5) is 19.1. The first-order valence-electron chi connectivity index (χ1n) is 7.64. The van der Waals surface area contributed by atoms with Gasteiger partial charge >= 0.3 is 0 Å². The van der Waals surface area contributed by atoms with E-state index < -0.39 is 5.54 Å². The number of aliphatic hydroxyl groups excluding tert-OH is 1. The first-order valence-corrected chi connectivity index (χ1v) is 8.52. The lowest BCUT2D eigenvalue weighted by molar-refractivity contribution is 0.0393. The number of aromatic nitrogens is 1. The zero-order chi connectivity index (χ0) is 15.6. The van der Waals surface area contributed by atoms with Gasteiger partial charge < -0.3 is 10.0 Å². The second kappa shape index (κ2) is 6.18. The predicted octanol–water partition coefficient (Wildman–Crippen LogP) is 3.19. The van der Waals surface area contributed by atoms with E-state index in [4.69, 9.17) is 0 Å². The quantitative estimate of drug-likeness (QED) is 0.942. The molecule has 1 aromatic carbocycles. The number of hydrogen-bond donors (Lipinski definition) is 1. The van der Waals surface area contributed by atoms with Crippen LogP contribution in [-0.2, 0) is 0 Å². The fraction of sp³-hybridized carbons (Fsp3) is 0.412. The number of thiazole rings is 1. The monoisotopic (exact) mass is 316 g/mol. The van der Waals surface area contributed by atoms with Crippen LogP contribution >= 0.6 is 11.3 Å². The van der Waals surface area contributed by atoms with Crippen molar-refractivity contribution >= 4 is 17.2 Å². The largest absolute Gasteiger partial charge is 0.394 e. The van der Waals surface area contributed by atoms with Gasteiger partial charge in [0.25, 0.3) is 5.91 Å². The van der Waals surface area contributed by atoms with E-state index in [9.17, 15) is 9.90 Å². The minimum atomic E-state index is -0.409. The highest BCUT2D eigenvalue weighted by Crippen LogP contribution is 2.34. The van der Waals surface area contributed by atoms with Gasteiger partial charge in [-0.25, -0.2) is 4.98 Å². The molecule has 1 saturated heterocycles. The van der Waals surface area contributed by atoms with E-state index >= 15 is 0 Å². The van der Waals surface area contributed by atoms with Gasteiger partial charge in [-0.15, -0.1) is 11.3 Å². The van der Waals surface area contributed by atoms with E-state index in [0.29, 0.717) is 12.2 Å². The first kappa shape index (κ1) is 15.2. The smallest absolute Gasteiger partial charge is 0.273 e. The minimum absolute atomic E-state index is 0.0188. The van der Waals surface area contributed by atoms with Crippen molar-refractivity contribution in [2.45, 2.75) is 31.7 Å². The van der Waals surface area contributed by atoms with Gasteiger partial charge in [0, 0.05) is 17.5 Å². The average Bonchev–Trinajstić information content (AvgIpc) is 3.22. The highest BCUT2D eigenvalue weighted by molar-refractivity contribution is 7.13. The summed E-state index contributed by atoms with van der Waals surface area (Å²) in [6.45, 7) is 2.74. The Morgan fingerprint density at radius 1 is 1.41 bits per heavy atom. The minimum Gasteiger partial charge on any atom is -0.394 e. The van der Waals surface area contributed by atoms with Crippen LogP contribution in [0.1, 0.15) is 36.7 Å². The number of hydrogen-bond acceptors (Lipinski definition) is 4. The third kappa shape index (κ3) is 2.55. The third-order valence-corrected chi connectivity index (χ3v) is 5.43. The number of aliphatic hydroxyl groups is 1. The fourth-order valence-electron chi connectivity index (χ4n) is 3.12. The van der Waals surface area contributed by atoms with Crippen molar-refractivity contribution in [1.29, 1.82) is 0 Å². The van der Waals surface area contributed by atoms with Crippen LogP contribution < -0.4 is 0 Å². The molecule has 1 aliphatic heterocycles. The number of carbonyl (C=O) groups is 1. The molecule has 2 aromatic rings. The normalized spacial score (nSPS) is 21.3. The van der Waals surface area contributed by atoms with Crippen LogP contribution in [0.3, 0.4) is 0 Å². The lowest BCUT2D eigenvalue weighted by Crippen LogP contribution is -2.49. The summed E-state index contributed by atoms with van der Waals surface area (Å²) in [6.07, 6.45) is 2.57. The summed E-state index contributed by atoms with van der Waals surface area (Å²) in [6, 6.07) is 9.88. The van der Waals surface area contributed by atoms with Gasteiger partial charge in [0.15, 0.2) is 0 Å². The maximum absolute atomic E-state index is 12.8. The lowest BCUT2D eigenvalue weighted by Gasteiger charge is -2.35. The topological polar surface area (TPSA) is 53.4 Å². The SMILES string of the molecule is CCC1(CO)CCCN1C(=O)c1csc(-c2ccccc2)n1. The van der Waals surface area contributed by atoms with Gasteiger partial charge in [-0.3, -0.25) is 4.79 Å². The zero-order valence-electron chi connectivity index (χ0n) is 12.7. The van der Waals surface area contributed by atoms with Gasteiger partial charge in [0.05, 0.1) is 12.1 Å². The van der Waals surface area contributed by atoms with Gasteiger partial charge in [-0.05, 0) is 19.3 Å². The molecule has 5 heteroatoms. The molecular weight excluding hydrogens is 296 g/mol. The maximum Gasteiger partial charge on any atom is 0.273 e. The Morgan fingerprint density at radius 2 is 2.18 bits per heavy atom. The van der Waals surface area contributed by atoms with E-state index in [0.717, 1.165) is 29.8 Å². The van der Waals surface area contributed by atoms with Crippen molar-refractivity contribution in [2.24, 2.45) is 0 Å². The lowest BCUT2D eigenvalue weighted by atomic mass is 9.94. The maximum atomic E-state index is 12.8. The molecule has 1 atom stereocenters. The highest BCUT2D eigenvalue weighted by Gasteiger charge is 2.42. The summed E-state index contributed by atoms with van der Waals surface area (Å²) in [5.74, 6) is -0.0631. The van der Waals surface area contributed by atoms with Crippen LogP contribution in [0.25, 0.3) is 10.6 Å². The van der Waals surface area contributed by atoms with E-state index in [2.05, 4.69) is 4.98 Å². The number of carbonyl (C=O) groups excluding carboxylic acids is 1. The third-order valence-electron chi connectivity index (χ3n) is 4.54. The van der Waals surface area contributed by atoms with Crippen LogP contribution in [0.4, 0.5) is 0 Å². The van der Waals surface area contributed by atoms with Crippen molar-refractivity contribution < 1.29 is 9.90 Å². The van der Waals surface area contributed by atoms with Crippen molar-refractivity contribution in [3.8, 4) is 10.6 Å². The molecule has 1 N–H and O–H groups in total. The molecule has 2 heterocycles. The van der Waals surface area contributed by atoms with E-state index in [1.54, 1.807) is 0 Å². The van der Waals surface area contributed by atoms with Gasteiger partial charge in [-0.2, -0.15) is 0 Å². The van der Waals surface area contributed by atoms with Crippen molar-refractivity contribution in [3.05, 3.63) is 41.4 Å². The molecule has 0 bridgehead atoms. The van der Waals surface area contributed by atoms with Gasteiger partial charge in [0.2, 0.25) is 0 Å². The molecule has 1 amide bonds. The average molecular weight is 316 g/mol. The Bertz CT molecular complexity index is 650. The Kier molecular flexibility index (Phi) is 4.27. The molecular formula is C17H20N2O2S. The Morgan fingerprint density at radius 3 is 2.86 bits per heavy atom. The van der Waals surface area contributed by atoms with Crippen molar-refractivity contribution in [2.75, 3.05) is 13.2 Å². The Hall–Kier alpha value is -1.72. The van der Waals surface area contributed by atoms with Crippen LogP contribution in [-0.4, -0.2) is 39.6 Å². The van der Waals surface area contributed by atoms with Crippen LogP contribution in [0.5, 0.6) is 0 Å². The van der Waals surface area contributed by atoms with Crippen LogP contribution in [0, 0.1) is 0 Å². The molecule has 0 radical (unpaired) electrons. The molecule has 1 fully saturated rings. The molecule has 22 heavy (non-hydrogen) atoms. The number of amides is 1. The summed E-state index contributed by atoms with van der Waals surface area (Å²) in [5, 5.41) is 12.4. The summed E-state index contributed by atoms with van der Waals surface area (Å²) in [5.41, 5.74) is 1.10. The number of nitrogens with zero attached hydrogens (tertiary/aromatic N) is 2. The fourth-order valence-corrected chi connectivity index (χ4v) is 3.92. The van der Waals surface area contributed by atoms with E-state index in [-0.39, 0.29) is 12.5 Å². The zero-order valence-corrected chi connectivity index (χ0v) is 13.5. The number of benzene rings is 1. The van der Waals surface area contributed by atoms with E-state index in [1.807, 2.05) is 47.5 Å². The molecule has 4 nitrogen and oxygen atoms in total. The second-order valence-electron chi connectivity index (χ2n) is 5.70. The molecule has 3 rings (SSSR count). The molecule has 0 saturated carbocycles. The highest BCUT2D eigenvalue weighted by atomic mass is 32.1. The summed E-state index contributed by atoms with van der Waals surface area (Å²) < 4.78 is 0. The Labute approximate surface area is 134 Å². The van der Waals surface area contributed by atoms with Gasteiger partial charge in [-0.1, -0.05) is 37.3 Å². The van der Waals surface area contributed by atoms with Crippen molar-refractivity contribution in [3.63, 3.8) is 0 Å². The molecule has 116 valence electrons. The molecule has 0 aliphatic carbocycles. The molecule has 1 unspecified atom stereocenters. The summed E-state index contributed by atoms with van der Waals surface area (Å²) in [7, 11) is 0. The second-order valence-corrected chi connectivity index (χ2v) is 6.56. The standard InChI is InChI=1S/C17H20N2O2S/c1-2-17(12-20)9-6-10-19(17)16(21)14-11-22-15(18-14)13-7-4-3-5-8-13/h3-5,7-8,11,20H,2,6,9-10,12H2,1H3. The molecule has 1 aromatic heterocycles. The van der Waals surface area contributed by atoms with Crippen molar-refractivity contribution in [1.82, 2.24) is 9.88 Å². The van der Waals surface area contributed by atoms with Crippen LogP contribution in [0.15, 0.2) is 35.7 Å². The molecule has 1 aliphatic rings.